The first-order chi connectivity index (χ1) is 25.9. The molecule has 0 fully saturated rings. The molecule has 62 heavy (non-hydrogen) atoms. The summed E-state index contributed by atoms with van der Waals surface area (Å²) < 4.78 is 532. The summed E-state index contributed by atoms with van der Waals surface area (Å²) in [6.07, 6.45) is -54.3. The van der Waals surface area contributed by atoms with Crippen LogP contribution in [0, 0.1) is 0 Å². The molecule has 0 aromatic heterocycles. The Morgan fingerprint density at radius 3 is 0.419 bits per heavy atom. The van der Waals surface area contributed by atoms with Crippen LogP contribution < -0.4 is 0 Å². The van der Waals surface area contributed by atoms with E-state index in [2.05, 4.69) is 0 Å². The zero-order valence-corrected chi connectivity index (χ0v) is 26.7. The molecule has 44 heteroatoms. The molecule has 0 N–H and O–H groups in total. The SMILES string of the molecule is O=P(OC(F)(F)C(F)(F)C(F)(F)C(F)(F)C(F)(F)C(F)(F)F)(OC(F)(F)C(F)(F)C(F)(F)C(F)(F)C(F)(F)C(F)(F)F)OC(F)(F)C(F)(F)C(F)(F)C(F)(F)C(F)(F)C(F)(F)F. The van der Waals surface area contributed by atoms with Gasteiger partial charge in [-0.2, -0.15) is 171 Å². The zero-order valence-electron chi connectivity index (χ0n) is 25.8. The van der Waals surface area contributed by atoms with E-state index in [1.54, 1.807) is 0 Å². The van der Waals surface area contributed by atoms with Crippen LogP contribution in [0.15, 0.2) is 0 Å². The predicted molar refractivity (Wildman–Crippen MR) is 103 cm³/mol. The molecule has 4 nitrogen and oxygen atoms in total. The summed E-state index contributed by atoms with van der Waals surface area (Å²) >= 11 is 0. The first kappa shape index (κ1) is 59.4. The Morgan fingerprint density at radius 2 is 0.306 bits per heavy atom. The number of hydrogen-bond acceptors (Lipinski definition) is 4. The molecular formula is C18F39O4P. The molecule has 0 amide bonds. The highest BCUT2D eigenvalue weighted by atomic mass is 31.2. The van der Waals surface area contributed by atoms with E-state index in [9.17, 15) is 176 Å². The fraction of sp³-hybridized carbons (Fsp3) is 1.00. The van der Waals surface area contributed by atoms with Crippen LogP contribution >= 0.6 is 7.82 Å². The van der Waals surface area contributed by atoms with E-state index in [1.165, 1.54) is 0 Å². The Hall–Kier alpha value is -2.62. The molecule has 0 saturated carbocycles. The fourth-order valence-corrected chi connectivity index (χ4v) is 4.21. The molecule has 0 aliphatic heterocycles. The van der Waals surface area contributed by atoms with Crippen molar-refractivity contribution in [3.63, 3.8) is 0 Å². The monoisotopic (exact) mass is 1050 g/mol. The molecule has 0 heterocycles. The second kappa shape index (κ2) is 14.7. The third-order valence-corrected chi connectivity index (χ3v) is 7.75. The van der Waals surface area contributed by atoms with Crippen molar-refractivity contribution in [3.8, 4) is 0 Å². The quantitative estimate of drug-likeness (QED) is 0.101. The minimum Gasteiger partial charge on any atom is -0.227 e. The van der Waals surface area contributed by atoms with Crippen molar-refractivity contribution in [1.82, 2.24) is 0 Å². The highest BCUT2D eigenvalue weighted by molar-refractivity contribution is 7.48. The minimum absolute atomic E-state index is 0.812. The van der Waals surface area contributed by atoms with Crippen LogP contribution in [0.2, 0.25) is 0 Å². The van der Waals surface area contributed by atoms with Gasteiger partial charge in [-0.1, -0.05) is 0 Å². The van der Waals surface area contributed by atoms with E-state index in [0.717, 1.165) is 13.6 Å². The number of hydrogen-bond donors (Lipinski definition) is 0. The summed E-state index contributed by atoms with van der Waals surface area (Å²) in [5.41, 5.74) is 0. The summed E-state index contributed by atoms with van der Waals surface area (Å²) in [5, 5.41) is 0. The molecule has 0 aliphatic carbocycles. The summed E-state index contributed by atoms with van der Waals surface area (Å²) in [6, 6.07) is 0. The van der Waals surface area contributed by atoms with Crippen molar-refractivity contribution in [1.29, 1.82) is 0 Å². The molecule has 0 rings (SSSR count). The predicted octanol–water partition coefficient (Wildman–Crippen LogP) is 13.2. The van der Waals surface area contributed by atoms with Crippen LogP contribution in [0.1, 0.15) is 0 Å². The van der Waals surface area contributed by atoms with Gasteiger partial charge in [0, 0.05) is 0 Å². The Kier molecular flexibility index (Phi) is 14.1. The second-order valence-corrected chi connectivity index (χ2v) is 12.1. The topological polar surface area (TPSA) is 44.8 Å². The third-order valence-electron chi connectivity index (χ3n) is 6.39. The summed E-state index contributed by atoms with van der Waals surface area (Å²) in [7, 11) is -11.1. The number of phosphoric acid groups is 1. The van der Waals surface area contributed by atoms with Crippen LogP contribution in [0.4, 0.5) is 171 Å². The lowest BCUT2D eigenvalue weighted by Crippen LogP contribution is -2.71. The molecule has 0 aromatic carbocycles. The normalized spacial score (nSPS) is 17.2. The number of phosphoric ester groups is 1. The summed E-state index contributed by atoms with van der Waals surface area (Å²) in [6.45, 7) is 0. The first-order valence-electron chi connectivity index (χ1n) is 12.5. The van der Waals surface area contributed by atoms with Crippen molar-refractivity contribution in [2.75, 3.05) is 0 Å². The molecule has 0 spiro atoms. The Morgan fingerprint density at radius 1 is 0.194 bits per heavy atom. The summed E-state index contributed by atoms with van der Waals surface area (Å²) in [4.78, 5) is 0. The summed E-state index contributed by atoms with van der Waals surface area (Å²) in [5.74, 6) is -114. The van der Waals surface area contributed by atoms with E-state index >= 15 is 0 Å². The molecule has 0 radical (unpaired) electrons. The molecule has 374 valence electrons. The maximum Gasteiger partial charge on any atom is 0.489 e. The minimum atomic E-state index is -11.1. The highest BCUT2D eigenvalue weighted by Gasteiger charge is 2.96. The fourth-order valence-electron chi connectivity index (χ4n) is 2.91. The molecule has 0 aromatic rings. The molecule has 0 aliphatic rings. The van der Waals surface area contributed by atoms with Gasteiger partial charge in [0.15, 0.2) is 0 Å². The molecular weight excluding hydrogens is 1050 g/mol. The van der Waals surface area contributed by atoms with E-state index in [1.807, 2.05) is 0 Å². The van der Waals surface area contributed by atoms with E-state index in [4.69, 9.17) is 0 Å². The lowest BCUT2D eigenvalue weighted by atomic mass is 9.97. The van der Waals surface area contributed by atoms with Crippen molar-refractivity contribution >= 4 is 7.82 Å². The molecule has 0 unspecified atom stereocenters. The van der Waals surface area contributed by atoms with Gasteiger partial charge in [0.2, 0.25) is 0 Å². The van der Waals surface area contributed by atoms with Crippen LogP contribution in [0.3, 0.4) is 0 Å². The smallest absolute Gasteiger partial charge is 0.227 e. The van der Waals surface area contributed by atoms with Crippen molar-refractivity contribution < 1.29 is 189 Å². The van der Waals surface area contributed by atoms with Gasteiger partial charge in [-0.15, -0.1) is 0 Å². The Labute approximate surface area is 306 Å². The van der Waals surface area contributed by atoms with Crippen molar-refractivity contribution in [2.24, 2.45) is 0 Å². The van der Waals surface area contributed by atoms with Gasteiger partial charge in [-0.3, -0.25) is 0 Å². The maximum absolute atomic E-state index is 14.1. The van der Waals surface area contributed by atoms with Gasteiger partial charge in [0.05, 0.1) is 0 Å². The standard InChI is InChI=1S/C18F39O4P/c19-1(20,7(31,32)13(43,44)45)4(25,26)10(37,38)16(52,53)59-62(58,60-17(54,55)11(39,40)5(27,28)2(21,22)8(33,34)14(46,47)48)61-18(56,57)12(41,42)6(29,30)3(23,24)9(35,36)15(49,50)51. The van der Waals surface area contributed by atoms with Gasteiger partial charge >= 0.3 is 116 Å². The van der Waals surface area contributed by atoms with Crippen LogP contribution in [0.5, 0.6) is 0 Å². The lowest BCUT2D eigenvalue weighted by molar-refractivity contribution is -0.471. The van der Waals surface area contributed by atoms with E-state index < -0.39 is 116 Å². The Balaban J connectivity index is 8.42. The van der Waals surface area contributed by atoms with E-state index in [-0.39, 0.29) is 0 Å². The van der Waals surface area contributed by atoms with Gasteiger partial charge in [0.1, 0.15) is 0 Å². The zero-order chi connectivity index (χ0) is 51.6. The van der Waals surface area contributed by atoms with Crippen molar-refractivity contribution in [3.05, 3.63) is 0 Å². The molecule has 0 bridgehead atoms. The van der Waals surface area contributed by atoms with E-state index in [0.29, 0.717) is 0 Å². The lowest BCUT2D eigenvalue weighted by Gasteiger charge is -2.42. The first-order valence-corrected chi connectivity index (χ1v) is 13.9. The second-order valence-electron chi connectivity index (χ2n) is 10.7. The van der Waals surface area contributed by atoms with Crippen molar-refractivity contribution in [2.45, 2.75) is 108 Å². The number of alkyl halides is 39. The Bertz CT molecular complexity index is 1470. The van der Waals surface area contributed by atoms with Gasteiger partial charge in [0.25, 0.3) is 0 Å². The molecule has 0 saturated heterocycles. The number of halogens is 39. The van der Waals surface area contributed by atoms with Gasteiger partial charge < -0.3 is 0 Å². The third kappa shape index (κ3) is 8.07. The van der Waals surface area contributed by atoms with Crippen LogP contribution in [-0.4, -0.2) is 108 Å². The molecule has 0 atom stereocenters. The van der Waals surface area contributed by atoms with Gasteiger partial charge in [-0.05, 0) is 0 Å². The average molecular weight is 1050 g/mol. The largest absolute Gasteiger partial charge is 0.489 e. The van der Waals surface area contributed by atoms with Gasteiger partial charge in [-0.25, -0.2) is 18.1 Å². The van der Waals surface area contributed by atoms with Crippen LogP contribution in [0.25, 0.3) is 0 Å². The van der Waals surface area contributed by atoms with Crippen LogP contribution in [-0.2, 0) is 18.1 Å². The highest BCUT2D eigenvalue weighted by Crippen LogP contribution is 2.71. The maximum atomic E-state index is 14.1. The average Bonchev–Trinajstić information content (AvgIpc) is 2.96. The number of rotatable bonds is 18.